The van der Waals surface area contributed by atoms with E-state index in [1.165, 1.54) is 5.57 Å². The summed E-state index contributed by atoms with van der Waals surface area (Å²) in [5.41, 5.74) is 3.43. The molecule has 5 rings (SSSR count). The fraction of sp³-hybridized carbons (Fsp3) is 0.556. The largest absolute Gasteiger partial charge is 0.611 e. The van der Waals surface area contributed by atoms with Gasteiger partial charge >= 0.3 is 0 Å². The van der Waals surface area contributed by atoms with Crippen LogP contribution in [0.25, 0.3) is 0 Å². The van der Waals surface area contributed by atoms with Gasteiger partial charge in [-0.1, -0.05) is 30.7 Å². The van der Waals surface area contributed by atoms with E-state index in [0.717, 1.165) is 54.6 Å². The van der Waals surface area contributed by atoms with E-state index in [0.29, 0.717) is 41.6 Å². The molecule has 31 heavy (non-hydrogen) atoms. The van der Waals surface area contributed by atoms with Crippen LogP contribution in [0, 0.1) is 29.1 Å². The van der Waals surface area contributed by atoms with E-state index in [1.807, 2.05) is 36.4 Å². The maximum atomic E-state index is 13.1. The van der Waals surface area contributed by atoms with E-state index in [2.05, 4.69) is 6.92 Å². The number of allylic oxidation sites excluding steroid dienone is 3. The highest BCUT2D eigenvalue weighted by molar-refractivity contribution is 7.91. The minimum absolute atomic E-state index is 0.0884. The average Bonchev–Trinajstić information content (AvgIpc) is 3.05. The van der Waals surface area contributed by atoms with Crippen molar-refractivity contribution in [3.8, 4) is 0 Å². The molecule has 3 nitrogen and oxygen atoms in total. The first-order valence-electron chi connectivity index (χ1n) is 11.8. The molecule has 1 unspecified atom stereocenters. The van der Waals surface area contributed by atoms with Crippen LogP contribution in [-0.4, -0.2) is 21.9 Å². The summed E-state index contributed by atoms with van der Waals surface area (Å²) in [5, 5.41) is 0. The summed E-state index contributed by atoms with van der Waals surface area (Å²) in [5.74, 6) is 3.22. The number of Topliss-reactive ketones (excluding diaryl/α,β-unsaturated/α-hetero) is 1. The second-order valence-electron chi connectivity index (χ2n) is 10.3. The van der Waals surface area contributed by atoms with Crippen LogP contribution in [-0.2, 0) is 20.8 Å². The van der Waals surface area contributed by atoms with E-state index in [9.17, 15) is 14.1 Å². The van der Waals surface area contributed by atoms with Crippen molar-refractivity contribution >= 4 is 22.7 Å². The molecule has 164 valence electrons. The third kappa shape index (κ3) is 3.56. The summed E-state index contributed by atoms with van der Waals surface area (Å²) in [6, 6.07) is 9.63. The molecule has 0 aliphatic heterocycles. The molecule has 0 aromatic heterocycles. The second-order valence-corrected chi connectivity index (χ2v) is 11.8. The van der Waals surface area contributed by atoms with Gasteiger partial charge in [-0.3, -0.25) is 9.59 Å². The SMILES string of the molecule is CC(=O)C1=C(C[S+]([O-])c2ccccc2)C[C@H]2[C@@H]3CCC4=CC(=O)CC[C@@H]4[C@H]3CC[C@]12C. The van der Waals surface area contributed by atoms with Crippen molar-refractivity contribution in [2.24, 2.45) is 29.1 Å². The molecule has 0 bridgehead atoms. The summed E-state index contributed by atoms with van der Waals surface area (Å²) in [6.07, 6.45) is 8.89. The molecule has 0 spiro atoms. The summed E-state index contributed by atoms with van der Waals surface area (Å²) in [6.45, 7) is 4.01. The minimum Gasteiger partial charge on any atom is -0.611 e. The zero-order valence-corrected chi connectivity index (χ0v) is 19.4. The molecule has 0 heterocycles. The van der Waals surface area contributed by atoms with Gasteiger partial charge in [0, 0.05) is 12.0 Å². The Hall–Kier alpha value is -1.65. The van der Waals surface area contributed by atoms with Crippen molar-refractivity contribution in [3.05, 3.63) is 53.1 Å². The predicted molar refractivity (Wildman–Crippen MR) is 123 cm³/mol. The zero-order valence-electron chi connectivity index (χ0n) is 18.6. The molecule has 4 aliphatic carbocycles. The maximum Gasteiger partial charge on any atom is 0.156 e. The molecule has 0 saturated heterocycles. The molecule has 0 radical (unpaired) electrons. The normalized spacial score (nSPS) is 35.7. The summed E-state index contributed by atoms with van der Waals surface area (Å²) in [4.78, 5) is 25.6. The van der Waals surface area contributed by atoms with Crippen molar-refractivity contribution in [2.75, 3.05) is 5.75 Å². The molecule has 4 heteroatoms. The molecule has 1 aromatic carbocycles. The number of hydrogen-bond donors (Lipinski definition) is 0. The van der Waals surface area contributed by atoms with Crippen LogP contribution in [0.3, 0.4) is 0 Å². The lowest BCUT2D eigenvalue weighted by Crippen LogP contribution is -2.46. The van der Waals surface area contributed by atoms with Crippen LogP contribution in [0.1, 0.15) is 58.8 Å². The van der Waals surface area contributed by atoms with Crippen LogP contribution >= 0.6 is 0 Å². The van der Waals surface area contributed by atoms with Gasteiger partial charge in [0.2, 0.25) is 0 Å². The zero-order chi connectivity index (χ0) is 21.8. The van der Waals surface area contributed by atoms with E-state index in [-0.39, 0.29) is 11.2 Å². The Labute approximate surface area is 188 Å². The fourth-order valence-corrected chi connectivity index (χ4v) is 8.76. The number of rotatable bonds is 4. The topological polar surface area (TPSA) is 57.2 Å². The molecular formula is C27H32O3S. The Morgan fingerprint density at radius 2 is 1.90 bits per heavy atom. The quantitative estimate of drug-likeness (QED) is 0.591. The van der Waals surface area contributed by atoms with E-state index >= 15 is 0 Å². The molecular weight excluding hydrogens is 404 g/mol. The third-order valence-electron chi connectivity index (χ3n) is 8.74. The maximum absolute atomic E-state index is 13.1. The van der Waals surface area contributed by atoms with Crippen molar-refractivity contribution in [1.29, 1.82) is 0 Å². The molecule has 6 atom stereocenters. The van der Waals surface area contributed by atoms with E-state index in [1.54, 1.807) is 6.92 Å². The first-order valence-corrected chi connectivity index (χ1v) is 13.1. The van der Waals surface area contributed by atoms with Gasteiger partial charge < -0.3 is 4.55 Å². The Morgan fingerprint density at radius 3 is 2.65 bits per heavy atom. The number of ketones is 2. The van der Waals surface area contributed by atoms with Crippen molar-refractivity contribution < 1.29 is 14.1 Å². The Morgan fingerprint density at radius 1 is 1.13 bits per heavy atom. The Balaban J connectivity index is 1.43. The molecule has 2 fully saturated rings. The highest BCUT2D eigenvalue weighted by atomic mass is 32.2. The van der Waals surface area contributed by atoms with Crippen LogP contribution in [0.15, 0.2) is 58.0 Å². The molecule has 2 saturated carbocycles. The van der Waals surface area contributed by atoms with Crippen LogP contribution in [0.2, 0.25) is 0 Å². The second kappa shape index (κ2) is 8.04. The molecule has 0 amide bonds. The highest BCUT2D eigenvalue weighted by Crippen LogP contribution is 2.63. The lowest BCUT2D eigenvalue weighted by molar-refractivity contribution is -0.117. The van der Waals surface area contributed by atoms with Gasteiger partial charge in [-0.15, -0.1) is 0 Å². The minimum atomic E-state index is -1.12. The van der Waals surface area contributed by atoms with Crippen LogP contribution in [0.5, 0.6) is 0 Å². The van der Waals surface area contributed by atoms with Gasteiger partial charge in [0.05, 0.1) is 0 Å². The van der Waals surface area contributed by atoms with Crippen molar-refractivity contribution in [1.82, 2.24) is 0 Å². The van der Waals surface area contributed by atoms with Crippen molar-refractivity contribution in [3.63, 3.8) is 0 Å². The summed E-state index contributed by atoms with van der Waals surface area (Å²) < 4.78 is 13.1. The van der Waals surface area contributed by atoms with Gasteiger partial charge in [-0.2, -0.15) is 0 Å². The van der Waals surface area contributed by atoms with Gasteiger partial charge in [0.1, 0.15) is 5.75 Å². The van der Waals surface area contributed by atoms with Crippen LogP contribution < -0.4 is 0 Å². The fourth-order valence-electron chi connectivity index (χ4n) is 7.56. The lowest BCUT2D eigenvalue weighted by atomic mass is 9.51. The molecule has 0 N–H and O–H groups in total. The average molecular weight is 437 g/mol. The van der Waals surface area contributed by atoms with Gasteiger partial charge in [-0.05, 0) is 109 Å². The summed E-state index contributed by atoms with van der Waals surface area (Å²) in [7, 11) is 0. The lowest BCUT2D eigenvalue weighted by Gasteiger charge is -2.53. The predicted octanol–water partition coefficient (Wildman–Crippen LogP) is 5.43. The van der Waals surface area contributed by atoms with Gasteiger partial charge in [0.15, 0.2) is 16.5 Å². The number of carbonyl (C=O) groups excluding carboxylic acids is 2. The monoisotopic (exact) mass is 436 g/mol. The molecule has 4 aliphatic rings. The van der Waals surface area contributed by atoms with Crippen molar-refractivity contribution in [2.45, 2.75) is 63.7 Å². The molecule has 1 aromatic rings. The standard InChI is InChI=1S/C27H32O3S/c1-17(28)26-19(16-31(30)21-6-4-3-5-7-21)15-25-24-10-8-18-14-20(29)9-11-22(18)23(24)12-13-27(25,26)2/h3-7,14,22-25H,8-13,15-16H2,1-2H3/t22-,23+,24+,25-,27-,31?/m0/s1. The number of hydrogen-bond acceptors (Lipinski definition) is 3. The van der Waals surface area contributed by atoms with Gasteiger partial charge in [0.25, 0.3) is 0 Å². The summed E-state index contributed by atoms with van der Waals surface area (Å²) >= 11 is -1.12. The smallest absolute Gasteiger partial charge is 0.156 e. The van der Waals surface area contributed by atoms with Crippen LogP contribution in [0.4, 0.5) is 0 Å². The highest BCUT2D eigenvalue weighted by Gasteiger charge is 2.56. The van der Waals surface area contributed by atoms with E-state index in [4.69, 9.17) is 0 Å². The van der Waals surface area contributed by atoms with Gasteiger partial charge in [-0.25, -0.2) is 0 Å². The number of carbonyl (C=O) groups is 2. The number of benzene rings is 1. The van der Waals surface area contributed by atoms with E-state index < -0.39 is 11.2 Å². The Bertz CT molecular complexity index is 962. The third-order valence-corrected chi connectivity index (χ3v) is 10.2. The first kappa shape index (κ1) is 21.2. The first-order chi connectivity index (χ1) is 14.9. The Kier molecular flexibility index (Phi) is 5.50. The number of fused-ring (bicyclic) bond motifs is 5.